The zero-order chi connectivity index (χ0) is 57.8. The highest BCUT2D eigenvalue weighted by Crippen LogP contribution is 2.17. The van der Waals surface area contributed by atoms with Gasteiger partial charge in [0.2, 0.25) is 0 Å². The van der Waals surface area contributed by atoms with Crippen LogP contribution in [0.4, 0.5) is 0 Å². The molecule has 462 valence electrons. The number of unbranched alkanes of at least 4 members (excludes halogenated alkanes) is 38. The maximum atomic E-state index is 12.9. The SMILES string of the molecule is CC/C=C\C/C=C\C/C=C\C/C=C\CCCCCCCCCCCCCCCCC(=O)OCC(COC(=O)CCCCCCCCCCCCCC)OC(=O)CCCCCCCCCC/C=C\C/C=C\C/C=C\CCCCCCC. The third kappa shape index (κ3) is 65.4. The highest BCUT2D eigenvalue weighted by molar-refractivity contribution is 5.71. The van der Waals surface area contributed by atoms with Crippen LogP contribution in [0.5, 0.6) is 0 Å². The van der Waals surface area contributed by atoms with Crippen LogP contribution in [0.2, 0.25) is 0 Å². The lowest BCUT2D eigenvalue weighted by Gasteiger charge is -2.18. The number of esters is 3. The monoisotopic (exact) mass is 1110 g/mol. The van der Waals surface area contributed by atoms with Gasteiger partial charge in [-0.05, 0) is 96.3 Å². The summed E-state index contributed by atoms with van der Waals surface area (Å²) in [5.41, 5.74) is 0. The van der Waals surface area contributed by atoms with Gasteiger partial charge in [0.25, 0.3) is 0 Å². The first kappa shape index (κ1) is 76.6. The zero-order valence-electron chi connectivity index (χ0n) is 53.1. The molecule has 80 heavy (non-hydrogen) atoms. The number of hydrogen-bond donors (Lipinski definition) is 0. The summed E-state index contributed by atoms with van der Waals surface area (Å²) in [7, 11) is 0. The Morgan fingerprint density at radius 2 is 0.487 bits per heavy atom. The molecule has 0 rings (SSSR count). The Morgan fingerprint density at radius 1 is 0.263 bits per heavy atom. The van der Waals surface area contributed by atoms with Gasteiger partial charge < -0.3 is 14.2 Å². The predicted octanol–water partition coefficient (Wildman–Crippen LogP) is 23.8. The molecule has 0 radical (unpaired) electrons. The van der Waals surface area contributed by atoms with Gasteiger partial charge in [-0.3, -0.25) is 14.4 Å². The van der Waals surface area contributed by atoms with Crippen LogP contribution in [0.25, 0.3) is 0 Å². The van der Waals surface area contributed by atoms with E-state index >= 15 is 0 Å². The first-order valence-electron chi connectivity index (χ1n) is 34.6. The van der Waals surface area contributed by atoms with Crippen LogP contribution in [0, 0.1) is 0 Å². The fraction of sp³-hybridized carbons (Fsp3) is 0.770. The second-order valence-corrected chi connectivity index (χ2v) is 23.1. The molecule has 0 fully saturated rings. The molecule has 0 heterocycles. The minimum absolute atomic E-state index is 0.0755. The molecule has 0 aliphatic rings. The molecule has 6 nitrogen and oxygen atoms in total. The summed E-state index contributed by atoms with van der Waals surface area (Å²) in [5, 5.41) is 0. The lowest BCUT2D eigenvalue weighted by molar-refractivity contribution is -0.167. The first-order valence-corrected chi connectivity index (χ1v) is 34.6. The Morgan fingerprint density at radius 3 is 0.762 bits per heavy atom. The Kier molecular flexibility index (Phi) is 65.2. The molecule has 0 spiro atoms. The predicted molar refractivity (Wildman–Crippen MR) is 348 cm³/mol. The Labute approximate surface area is 496 Å². The van der Waals surface area contributed by atoms with Gasteiger partial charge in [-0.25, -0.2) is 0 Å². The molecule has 0 saturated carbocycles. The maximum absolute atomic E-state index is 12.9. The molecule has 6 heteroatoms. The standard InChI is InChI=1S/C74H130O6/c1-4-7-10-13-16-19-22-25-27-29-31-33-35-36-37-38-40-41-43-45-47-49-52-55-58-61-64-67-73(76)79-70-71(69-78-72(75)66-63-60-57-54-51-24-21-18-15-12-9-6-3)80-74(77)68-65-62-59-56-53-50-48-46-44-42-39-34-32-30-28-26-23-20-17-14-11-8-5-2/h7,10,16,19,23,25-27,30-33,39,42,71H,4-6,8-9,11-15,17-18,20-22,24,28-29,34-38,40-41,43-70H2,1-3H3/b10-7-,19-16-,26-23-,27-25-,32-30-,33-31-,42-39-. The highest BCUT2D eigenvalue weighted by Gasteiger charge is 2.19. The minimum atomic E-state index is -0.780. The fourth-order valence-electron chi connectivity index (χ4n) is 9.97. The van der Waals surface area contributed by atoms with E-state index in [4.69, 9.17) is 14.2 Å². The molecule has 0 aromatic carbocycles. The molecule has 0 aliphatic heterocycles. The van der Waals surface area contributed by atoms with Crippen LogP contribution in [-0.4, -0.2) is 37.2 Å². The molecule has 0 aromatic rings. The number of hydrogen-bond acceptors (Lipinski definition) is 6. The summed E-state index contributed by atoms with van der Waals surface area (Å²) < 4.78 is 17.0. The van der Waals surface area contributed by atoms with E-state index in [9.17, 15) is 14.4 Å². The second kappa shape index (κ2) is 68.1. The van der Waals surface area contributed by atoms with E-state index in [0.29, 0.717) is 19.3 Å². The third-order valence-corrected chi connectivity index (χ3v) is 15.1. The lowest BCUT2D eigenvalue weighted by Crippen LogP contribution is -2.30. The van der Waals surface area contributed by atoms with Gasteiger partial charge in [-0.15, -0.1) is 0 Å². The molecule has 0 bridgehead atoms. The zero-order valence-corrected chi connectivity index (χ0v) is 53.1. The van der Waals surface area contributed by atoms with Gasteiger partial charge in [-0.2, -0.15) is 0 Å². The highest BCUT2D eigenvalue weighted by atomic mass is 16.6. The normalized spacial score (nSPS) is 12.6. The van der Waals surface area contributed by atoms with E-state index in [0.717, 1.165) is 103 Å². The molecule has 1 atom stereocenters. The van der Waals surface area contributed by atoms with Crippen molar-refractivity contribution in [2.45, 2.75) is 354 Å². The van der Waals surface area contributed by atoms with Crippen molar-refractivity contribution in [1.29, 1.82) is 0 Å². The summed E-state index contributed by atoms with van der Waals surface area (Å²) in [4.78, 5) is 38.4. The van der Waals surface area contributed by atoms with Gasteiger partial charge in [0.15, 0.2) is 6.10 Å². The molecular formula is C74H130O6. The van der Waals surface area contributed by atoms with E-state index in [1.807, 2.05) is 0 Å². The molecule has 0 aromatic heterocycles. The molecule has 0 N–H and O–H groups in total. The van der Waals surface area contributed by atoms with Crippen LogP contribution in [0.1, 0.15) is 348 Å². The molecule has 1 unspecified atom stereocenters. The van der Waals surface area contributed by atoms with Crippen molar-refractivity contribution < 1.29 is 28.6 Å². The molecule has 0 aliphatic carbocycles. The van der Waals surface area contributed by atoms with E-state index in [1.54, 1.807) is 0 Å². The molecule has 0 saturated heterocycles. The Hall–Kier alpha value is -3.41. The van der Waals surface area contributed by atoms with Crippen LogP contribution in [0.15, 0.2) is 85.1 Å². The largest absolute Gasteiger partial charge is 0.462 e. The van der Waals surface area contributed by atoms with E-state index in [-0.39, 0.29) is 31.1 Å². The number of allylic oxidation sites excluding steroid dienone is 14. The molecule has 0 amide bonds. The summed E-state index contributed by atoms with van der Waals surface area (Å²) in [6, 6.07) is 0. The van der Waals surface area contributed by atoms with Crippen molar-refractivity contribution in [3.63, 3.8) is 0 Å². The van der Waals surface area contributed by atoms with Crippen LogP contribution < -0.4 is 0 Å². The summed E-state index contributed by atoms with van der Waals surface area (Å²) in [6.45, 7) is 6.55. The van der Waals surface area contributed by atoms with Gasteiger partial charge in [0.05, 0.1) is 0 Å². The first-order chi connectivity index (χ1) is 39.5. The van der Waals surface area contributed by atoms with Crippen LogP contribution in [0.3, 0.4) is 0 Å². The van der Waals surface area contributed by atoms with Crippen LogP contribution in [-0.2, 0) is 28.6 Å². The van der Waals surface area contributed by atoms with Crippen molar-refractivity contribution in [3.05, 3.63) is 85.1 Å². The summed E-state index contributed by atoms with van der Waals surface area (Å²) in [5.74, 6) is -0.866. The van der Waals surface area contributed by atoms with Crippen molar-refractivity contribution >= 4 is 17.9 Å². The van der Waals surface area contributed by atoms with Gasteiger partial charge in [-0.1, -0.05) is 318 Å². The minimum Gasteiger partial charge on any atom is -0.462 e. The van der Waals surface area contributed by atoms with Gasteiger partial charge >= 0.3 is 17.9 Å². The lowest BCUT2D eigenvalue weighted by atomic mass is 10.0. The second-order valence-electron chi connectivity index (χ2n) is 23.1. The smallest absolute Gasteiger partial charge is 0.306 e. The van der Waals surface area contributed by atoms with Gasteiger partial charge in [0, 0.05) is 19.3 Å². The third-order valence-electron chi connectivity index (χ3n) is 15.1. The Bertz CT molecular complexity index is 1520. The van der Waals surface area contributed by atoms with Gasteiger partial charge in [0.1, 0.15) is 13.2 Å². The maximum Gasteiger partial charge on any atom is 0.306 e. The average Bonchev–Trinajstić information content (AvgIpc) is 3.46. The van der Waals surface area contributed by atoms with Crippen molar-refractivity contribution in [3.8, 4) is 0 Å². The van der Waals surface area contributed by atoms with Crippen molar-refractivity contribution in [2.75, 3.05) is 13.2 Å². The summed E-state index contributed by atoms with van der Waals surface area (Å²) in [6.07, 6.45) is 90.3. The van der Waals surface area contributed by atoms with Crippen molar-refractivity contribution in [2.24, 2.45) is 0 Å². The number of rotatable bonds is 63. The number of carbonyl (C=O) groups excluding carboxylic acids is 3. The number of ether oxygens (including phenoxy) is 3. The average molecular weight is 1120 g/mol. The summed E-state index contributed by atoms with van der Waals surface area (Å²) >= 11 is 0. The fourth-order valence-corrected chi connectivity index (χ4v) is 9.97. The number of carbonyl (C=O) groups is 3. The Balaban J connectivity index is 4.26. The van der Waals surface area contributed by atoms with E-state index in [1.165, 1.54) is 205 Å². The quantitative estimate of drug-likeness (QED) is 0.0261. The van der Waals surface area contributed by atoms with E-state index < -0.39 is 6.10 Å². The van der Waals surface area contributed by atoms with Crippen molar-refractivity contribution in [1.82, 2.24) is 0 Å². The molecular weight excluding hydrogens is 985 g/mol. The van der Waals surface area contributed by atoms with Crippen LogP contribution >= 0.6 is 0 Å². The topological polar surface area (TPSA) is 78.9 Å². The van der Waals surface area contributed by atoms with E-state index in [2.05, 4.69) is 106 Å².